The number of rotatable bonds is 9. The Balaban J connectivity index is 1.03. The molecular weight excluding hydrogens is 268 g/mol. The van der Waals surface area contributed by atoms with Crippen LogP contribution < -0.4 is 0 Å². The lowest BCUT2D eigenvalue weighted by Crippen LogP contribution is -2.32. The van der Waals surface area contributed by atoms with E-state index in [1.165, 1.54) is 32.1 Å². The van der Waals surface area contributed by atoms with Crippen molar-refractivity contribution in [2.45, 2.75) is 57.7 Å². The molecular formula is C17H28O4. The Morgan fingerprint density at radius 1 is 1.05 bits per heavy atom. The molecule has 3 saturated carbocycles. The zero-order valence-corrected chi connectivity index (χ0v) is 12.9. The molecule has 1 spiro atoms. The van der Waals surface area contributed by atoms with Gasteiger partial charge in [-0.1, -0.05) is 0 Å². The Bertz CT molecular complexity index is 394. The summed E-state index contributed by atoms with van der Waals surface area (Å²) in [6.45, 7) is 3.80. The van der Waals surface area contributed by atoms with E-state index in [-0.39, 0.29) is 6.29 Å². The average Bonchev–Trinajstić information content (AvgIpc) is 3.28. The van der Waals surface area contributed by atoms with Crippen LogP contribution in [0.3, 0.4) is 0 Å². The van der Waals surface area contributed by atoms with Gasteiger partial charge >= 0.3 is 0 Å². The van der Waals surface area contributed by atoms with Gasteiger partial charge in [0.1, 0.15) is 0 Å². The quantitative estimate of drug-likeness (QED) is 0.664. The van der Waals surface area contributed by atoms with Crippen LogP contribution in [0.4, 0.5) is 0 Å². The maximum absolute atomic E-state index is 9.40. The Morgan fingerprint density at radius 2 is 1.90 bits per heavy atom. The summed E-state index contributed by atoms with van der Waals surface area (Å²) >= 11 is 0. The largest absolute Gasteiger partial charge is 0.396 e. The second-order valence-corrected chi connectivity index (χ2v) is 7.76. The fraction of sp³-hybridized carbons (Fsp3) is 1.00. The van der Waals surface area contributed by atoms with Crippen molar-refractivity contribution in [1.82, 2.24) is 0 Å². The number of unbranched alkanes of at least 4 members (excludes halogenated alkanes) is 1. The molecule has 0 amide bonds. The monoisotopic (exact) mass is 296 g/mol. The molecule has 4 heteroatoms. The maximum atomic E-state index is 9.40. The van der Waals surface area contributed by atoms with Crippen molar-refractivity contribution in [3.05, 3.63) is 0 Å². The van der Waals surface area contributed by atoms with E-state index in [1.807, 2.05) is 0 Å². The molecule has 0 aromatic heterocycles. The molecule has 1 aliphatic heterocycles. The molecule has 0 radical (unpaired) electrons. The molecule has 1 N–H and O–H groups in total. The SMILES string of the molecule is OCC12CC3(COCCCCOC4CCCCO4)CC13C2. The first-order valence-corrected chi connectivity index (χ1v) is 8.68. The minimum atomic E-state index is 0.0429. The van der Waals surface area contributed by atoms with Crippen molar-refractivity contribution in [3.8, 4) is 0 Å². The van der Waals surface area contributed by atoms with Gasteiger partial charge in [-0.05, 0) is 56.8 Å². The summed E-state index contributed by atoms with van der Waals surface area (Å²) in [5.41, 5.74) is 1.34. The van der Waals surface area contributed by atoms with E-state index in [0.29, 0.717) is 22.9 Å². The van der Waals surface area contributed by atoms with Gasteiger partial charge in [0, 0.05) is 37.3 Å². The smallest absolute Gasteiger partial charge is 0.157 e. The second kappa shape index (κ2) is 5.19. The Hall–Kier alpha value is -0.160. The van der Waals surface area contributed by atoms with Gasteiger partial charge in [-0.2, -0.15) is 0 Å². The highest BCUT2D eigenvalue weighted by molar-refractivity contribution is 5.43. The summed E-state index contributed by atoms with van der Waals surface area (Å²) in [5, 5.41) is 9.40. The Morgan fingerprint density at radius 3 is 2.62 bits per heavy atom. The molecule has 0 bridgehead atoms. The van der Waals surface area contributed by atoms with E-state index in [9.17, 15) is 5.11 Å². The van der Waals surface area contributed by atoms with Gasteiger partial charge in [0.2, 0.25) is 0 Å². The second-order valence-electron chi connectivity index (χ2n) is 7.76. The Labute approximate surface area is 127 Å². The standard InChI is InChI=1S/C17H28O4/c18-12-15-9-16(11-17(15,16)10-15)13-19-6-3-4-8-21-14-5-1-2-7-20-14/h14,18H,1-13H2. The van der Waals surface area contributed by atoms with E-state index < -0.39 is 0 Å². The molecule has 0 aromatic rings. The van der Waals surface area contributed by atoms with Crippen LogP contribution in [0.5, 0.6) is 0 Å². The first-order valence-electron chi connectivity index (χ1n) is 8.68. The molecule has 120 valence electrons. The molecule has 4 atom stereocenters. The highest BCUT2D eigenvalue weighted by Crippen LogP contribution is 3.00. The van der Waals surface area contributed by atoms with Gasteiger partial charge in [-0.15, -0.1) is 0 Å². The highest BCUT2D eigenvalue weighted by Gasteiger charge is 2.95. The molecule has 1 heterocycles. The lowest BCUT2D eigenvalue weighted by molar-refractivity contribution is -0.163. The predicted octanol–water partition coefficient (Wildman–Crippen LogP) is 2.49. The summed E-state index contributed by atoms with van der Waals surface area (Å²) in [6.07, 6.45) is 9.40. The van der Waals surface area contributed by atoms with Crippen molar-refractivity contribution in [1.29, 1.82) is 0 Å². The number of aliphatic hydroxyl groups excluding tert-OH is 1. The Kier molecular flexibility index (Phi) is 3.57. The first-order chi connectivity index (χ1) is 10.3. The lowest BCUT2D eigenvalue weighted by Gasteiger charge is -2.32. The maximum Gasteiger partial charge on any atom is 0.157 e. The van der Waals surface area contributed by atoms with Gasteiger partial charge in [0.15, 0.2) is 6.29 Å². The fourth-order valence-corrected chi connectivity index (χ4v) is 5.21. The zero-order chi connectivity index (χ0) is 14.4. The normalized spacial score (nSPS) is 46.4. The number of aliphatic hydroxyl groups is 1. The molecule has 4 unspecified atom stereocenters. The number of ether oxygens (including phenoxy) is 3. The van der Waals surface area contributed by atoms with E-state index in [4.69, 9.17) is 14.2 Å². The molecule has 3 aliphatic carbocycles. The van der Waals surface area contributed by atoms with Crippen molar-refractivity contribution < 1.29 is 19.3 Å². The van der Waals surface area contributed by atoms with E-state index in [1.54, 1.807) is 0 Å². The molecule has 4 aliphatic rings. The van der Waals surface area contributed by atoms with Crippen LogP contribution in [0.25, 0.3) is 0 Å². The minimum Gasteiger partial charge on any atom is -0.396 e. The van der Waals surface area contributed by atoms with Crippen LogP contribution in [-0.4, -0.2) is 44.4 Å². The van der Waals surface area contributed by atoms with Crippen LogP contribution in [0.2, 0.25) is 0 Å². The fourth-order valence-electron chi connectivity index (χ4n) is 5.21. The zero-order valence-electron chi connectivity index (χ0n) is 12.9. The van der Waals surface area contributed by atoms with Gasteiger partial charge in [-0.25, -0.2) is 0 Å². The molecule has 21 heavy (non-hydrogen) atoms. The van der Waals surface area contributed by atoms with Crippen LogP contribution in [-0.2, 0) is 14.2 Å². The van der Waals surface area contributed by atoms with Crippen molar-refractivity contribution in [2.75, 3.05) is 33.0 Å². The number of hydrogen-bond acceptors (Lipinski definition) is 4. The first kappa shape index (κ1) is 14.4. The topological polar surface area (TPSA) is 47.9 Å². The molecule has 4 nitrogen and oxygen atoms in total. The van der Waals surface area contributed by atoms with Crippen LogP contribution in [0, 0.1) is 16.2 Å². The van der Waals surface area contributed by atoms with E-state index >= 15 is 0 Å². The summed E-state index contributed by atoms with van der Waals surface area (Å²) in [6, 6.07) is 0. The van der Waals surface area contributed by atoms with Gasteiger partial charge in [0.05, 0.1) is 6.61 Å². The summed E-state index contributed by atoms with van der Waals surface area (Å²) in [7, 11) is 0. The third-order valence-electron chi connectivity index (χ3n) is 6.54. The van der Waals surface area contributed by atoms with Crippen LogP contribution in [0.1, 0.15) is 51.4 Å². The third kappa shape index (κ3) is 2.18. The molecule has 0 aromatic carbocycles. The van der Waals surface area contributed by atoms with Crippen molar-refractivity contribution >= 4 is 0 Å². The van der Waals surface area contributed by atoms with Crippen molar-refractivity contribution in [3.63, 3.8) is 0 Å². The van der Waals surface area contributed by atoms with Crippen LogP contribution >= 0.6 is 0 Å². The van der Waals surface area contributed by atoms with Gasteiger partial charge in [0.25, 0.3) is 0 Å². The third-order valence-corrected chi connectivity index (χ3v) is 6.54. The summed E-state index contributed by atoms with van der Waals surface area (Å²) in [5.74, 6) is 0. The molecule has 4 fully saturated rings. The average molecular weight is 296 g/mol. The van der Waals surface area contributed by atoms with E-state index in [0.717, 1.165) is 45.7 Å². The molecule has 1 saturated heterocycles. The minimum absolute atomic E-state index is 0.0429. The predicted molar refractivity (Wildman–Crippen MR) is 77.8 cm³/mol. The lowest BCUT2D eigenvalue weighted by atomic mass is 9.75. The van der Waals surface area contributed by atoms with Crippen LogP contribution in [0.15, 0.2) is 0 Å². The van der Waals surface area contributed by atoms with Gasteiger partial charge in [-0.3, -0.25) is 0 Å². The summed E-state index contributed by atoms with van der Waals surface area (Å²) < 4.78 is 17.1. The number of hydrogen-bond donors (Lipinski definition) is 1. The van der Waals surface area contributed by atoms with E-state index in [2.05, 4.69) is 0 Å². The van der Waals surface area contributed by atoms with Crippen molar-refractivity contribution in [2.24, 2.45) is 16.2 Å². The molecule has 4 rings (SSSR count). The van der Waals surface area contributed by atoms with Gasteiger partial charge < -0.3 is 19.3 Å². The highest BCUT2D eigenvalue weighted by atomic mass is 16.7. The summed E-state index contributed by atoms with van der Waals surface area (Å²) in [4.78, 5) is 0.